The van der Waals surface area contributed by atoms with Crippen LogP contribution in [0.4, 0.5) is 8.78 Å². The summed E-state index contributed by atoms with van der Waals surface area (Å²) in [5, 5.41) is 2.05. The van der Waals surface area contributed by atoms with Gasteiger partial charge in [0.2, 0.25) is 0 Å². The van der Waals surface area contributed by atoms with Crippen LogP contribution in [0.1, 0.15) is 16.3 Å². The van der Waals surface area contributed by atoms with E-state index in [1.165, 1.54) is 6.20 Å². The molecule has 1 heterocycles. The smallest absolute Gasteiger partial charge is 0.269 e. The van der Waals surface area contributed by atoms with Crippen LogP contribution in [0.3, 0.4) is 0 Å². The van der Waals surface area contributed by atoms with Crippen LogP contribution in [0, 0.1) is 6.92 Å². The number of carbonyl (C=O) groups excluding carboxylic acids is 1. The third-order valence-electron chi connectivity index (χ3n) is 1.36. The lowest BCUT2D eigenvalue weighted by Crippen LogP contribution is -2.28. The van der Waals surface area contributed by atoms with Gasteiger partial charge in [-0.3, -0.25) is 4.79 Å². The summed E-state index contributed by atoms with van der Waals surface area (Å²) in [4.78, 5) is 17.4. The van der Waals surface area contributed by atoms with E-state index >= 15 is 0 Å². The van der Waals surface area contributed by atoms with Crippen LogP contribution in [0.15, 0.2) is 6.20 Å². The zero-order chi connectivity index (χ0) is 9.84. The Morgan fingerprint density at radius 2 is 2.46 bits per heavy atom. The molecule has 4 nitrogen and oxygen atoms in total. The maximum atomic E-state index is 11.7. The van der Waals surface area contributed by atoms with Gasteiger partial charge in [0.1, 0.15) is 11.5 Å². The number of rotatable bonds is 3. The minimum Gasteiger partial charge on any atom is -0.345 e. The van der Waals surface area contributed by atoms with Crippen molar-refractivity contribution in [2.45, 2.75) is 13.3 Å². The van der Waals surface area contributed by atoms with E-state index in [2.05, 4.69) is 15.3 Å². The molecule has 0 radical (unpaired) electrons. The molecule has 0 aliphatic rings. The van der Waals surface area contributed by atoms with E-state index in [4.69, 9.17) is 0 Å². The summed E-state index contributed by atoms with van der Waals surface area (Å²) in [6.07, 6.45) is -1.23. The Morgan fingerprint density at radius 1 is 1.77 bits per heavy atom. The monoisotopic (exact) mass is 189 g/mol. The number of halogens is 2. The number of hydrogen-bond acceptors (Lipinski definition) is 2. The first-order chi connectivity index (χ1) is 6.09. The van der Waals surface area contributed by atoms with Crippen LogP contribution in [-0.2, 0) is 0 Å². The third-order valence-corrected chi connectivity index (χ3v) is 1.36. The van der Waals surface area contributed by atoms with Crippen LogP contribution in [0.2, 0.25) is 0 Å². The second kappa shape index (κ2) is 3.97. The van der Waals surface area contributed by atoms with E-state index in [0.717, 1.165) is 0 Å². The average molecular weight is 189 g/mol. The van der Waals surface area contributed by atoms with Crippen molar-refractivity contribution in [3.8, 4) is 0 Å². The van der Waals surface area contributed by atoms with E-state index in [1.54, 1.807) is 6.92 Å². The molecule has 2 N–H and O–H groups in total. The molecule has 0 spiro atoms. The molecular formula is C7H9F2N3O. The molecule has 0 aliphatic carbocycles. The van der Waals surface area contributed by atoms with Crippen molar-refractivity contribution < 1.29 is 13.6 Å². The highest BCUT2D eigenvalue weighted by atomic mass is 19.3. The van der Waals surface area contributed by atoms with Crippen LogP contribution < -0.4 is 5.32 Å². The van der Waals surface area contributed by atoms with Gasteiger partial charge in [-0.05, 0) is 6.92 Å². The predicted octanol–water partition coefficient (Wildman–Crippen LogP) is 0.713. The molecule has 1 aromatic heterocycles. The van der Waals surface area contributed by atoms with E-state index in [0.29, 0.717) is 5.82 Å². The Balaban J connectivity index is 2.49. The van der Waals surface area contributed by atoms with Crippen molar-refractivity contribution in [1.82, 2.24) is 15.3 Å². The number of imidazole rings is 1. The maximum Gasteiger partial charge on any atom is 0.269 e. The van der Waals surface area contributed by atoms with Crippen molar-refractivity contribution in [3.05, 3.63) is 17.7 Å². The van der Waals surface area contributed by atoms with Crippen LogP contribution >= 0.6 is 0 Å². The van der Waals surface area contributed by atoms with Crippen molar-refractivity contribution in [2.24, 2.45) is 0 Å². The molecule has 0 fully saturated rings. The third kappa shape index (κ3) is 2.81. The largest absolute Gasteiger partial charge is 0.345 e. The summed E-state index contributed by atoms with van der Waals surface area (Å²) in [6, 6.07) is 0. The van der Waals surface area contributed by atoms with Gasteiger partial charge in [0.25, 0.3) is 12.3 Å². The highest BCUT2D eigenvalue weighted by molar-refractivity contribution is 5.92. The Bertz CT molecular complexity index is 298. The van der Waals surface area contributed by atoms with Crippen LogP contribution in [0.25, 0.3) is 0 Å². The normalized spacial score (nSPS) is 10.5. The van der Waals surface area contributed by atoms with Crippen molar-refractivity contribution in [3.63, 3.8) is 0 Å². The molecule has 0 unspecified atom stereocenters. The van der Waals surface area contributed by atoms with Crippen molar-refractivity contribution >= 4 is 5.91 Å². The van der Waals surface area contributed by atoms with E-state index < -0.39 is 18.9 Å². The molecule has 0 saturated heterocycles. The van der Waals surface area contributed by atoms with Gasteiger partial charge in [-0.2, -0.15) is 0 Å². The van der Waals surface area contributed by atoms with Crippen LogP contribution in [0.5, 0.6) is 0 Å². The molecule has 0 aliphatic heterocycles. The van der Waals surface area contributed by atoms with Gasteiger partial charge in [0.05, 0.1) is 12.7 Å². The standard InChI is InChI=1S/C7H9F2N3O/c1-4-10-2-5(12-4)7(13)11-3-6(8)9/h2,6H,3H2,1H3,(H,10,12)(H,11,13). The van der Waals surface area contributed by atoms with Crippen molar-refractivity contribution in [1.29, 1.82) is 0 Å². The van der Waals surface area contributed by atoms with Crippen molar-refractivity contribution in [2.75, 3.05) is 6.54 Å². The molecule has 72 valence electrons. The van der Waals surface area contributed by atoms with E-state index in [1.807, 2.05) is 0 Å². The van der Waals surface area contributed by atoms with Gasteiger partial charge in [0, 0.05) is 0 Å². The fourth-order valence-corrected chi connectivity index (χ4v) is 0.801. The molecule has 1 amide bonds. The topological polar surface area (TPSA) is 57.8 Å². The molecule has 6 heteroatoms. The lowest BCUT2D eigenvalue weighted by atomic mass is 10.4. The van der Waals surface area contributed by atoms with Gasteiger partial charge >= 0.3 is 0 Å². The Kier molecular flexibility index (Phi) is 2.94. The number of aromatic nitrogens is 2. The first-order valence-electron chi connectivity index (χ1n) is 3.67. The van der Waals surface area contributed by atoms with Crippen LogP contribution in [-0.4, -0.2) is 28.8 Å². The second-order valence-electron chi connectivity index (χ2n) is 2.48. The second-order valence-corrected chi connectivity index (χ2v) is 2.48. The number of nitrogens with one attached hydrogen (secondary N) is 2. The SMILES string of the molecule is Cc1ncc(C(=O)NCC(F)F)[nH]1. The molecule has 1 aromatic rings. The molecule has 0 aromatic carbocycles. The van der Waals surface area contributed by atoms with Gasteiger partial charge in [-0.25, -0.2) is 13.8 Å². The summed E-state index contributed by atoms with van der Waals surface area (Å²) >= 11 is 0. The zero-order valence-corrected chi connectivity index (χ0v) is 6.97. The molecule has 0 atom stereocenters. The number of H-pyrrole nitrogens is 1. The Morgan fingerprint density at radius 3 is 2.92 bits per heavy atom. The highest BCUT2D eigenvalue weighted by Crippen LogP contribution is 1.96. The number of aryl methyl sites for hydroxylation is 1. The molecule has 0 saturated carbocycles. The maximum absolute atomic E-state index is 11.7. The first-order valence-corrected chi connectivity index (χ1v) is 3.67. The molecule has 13 heavy (non-hydrogen) atoms. The first kappa shape index (κ1) is 9.63. The van der Waals surface area contributed by atoms with Gasteiger partial charge in [0.15, 0.2) is 0 Å². The molecule has 0 bridgehead atoms. The highest BCUT2D eigenvalue weighted by Gasteiger charge is 2.10. The Labute approximate surface area is 73.4 Å². The Hall–Kier alpha value is -1.46. The number of aromatic amines is 1. The van der Waals surface area contributed by atoms with Gasteiger partial charge < -0.3 is 10.3 Å². The lowest BCUT2D eigenvalue weighted by Gasteiger charge is -2.00. The van der Waals surface area contributed by atoms with E-state index in [9.17, 15) is 13.6 Å². The predicted molar refractivity (Wildman–Crippen MR) is 41.7 cm³/mol. The number of hydrogen-bond donors (Lipinski definition) is 2. The number of nitrogens with zero attached hydrogens (tertiary/aromatic N) is 1. The molecular weight excluding hydrogens is 180 g/mol. The fourth-order valence-electron chi connectivity index (χ4n) is 0.801. The van der Waals surface area contributed by atoms with Gasteiger partial charge in [-0.1, -0.05) is 0 Å². The minimum atomic E-state index is -2.53. The number of carbonyl (C=O) groups is 1. The zero-order valence-electron chi connectivity index (χ0n) is 6.97. The fraction of sp³-hybridized carbons (Fsp3) is 0.429. The summed E-state index contributed by atoms with van der Waals surface area (Å²) in [5.41, 5.74) is 0.193. The quantitative estimate of drug-likeness (QED) is 0.735. The summed E-state index contributed by atoms with van der Waals surface area (Å²) in [7, 11) is 0. The lowest BCUT2D eigenvalue weighted by molar-refractivity contribution is 0.0887. The summed E-state index contributed by atoms with van der Waals surface area (Å²) < 4.78 is 23.4. The summed E-state index contributed by atoms with van der Waals surface area (Å²) in [5.74, 6) is 0.00287. The minimum absolute atomic E-state index is 0.193. The van der Waals surface area contributed by atoms with E-state index in [-0.39, 0.29) is 5.69 Å². The molecule has 1 rings (SSSR count). The van der Waals surface area contributed by atoms with Gasteiger partial charge in [-0.15, -0.1) is 0 Å². The average Bonchev–Trinajstić information content (AvgIpc) is 2.47. The number of amides is 1. The number of alkyl halides is 2. The summed E-state index contributed by atoms with van der Waals surface area (Å²) in [6.45, 7) is 1.03.